The molecule has 0 aliphatic carbocycles. The van der Waals surface area contributed by atoms with Crippen molar-refractivity contribution in [3.8, 4) is 5.69 Å². The molecule has 2 aromatic heterocycles. The molecule has 3 aromatic rings. The van der Waals surface area contributed by atoms with Crippen molar-refractivity contribution >= 4 is 33.3 Å². The summed E-state index contributed by atoms with van der Waals surface area (Å²) in [5.41, 5.74) is 3.23. The Morgan fingerprint density at radius 3 is 2.93 bits per heavy atom. The third-order valence-electron chi connectivity index (χ3n) is 5.15. The highest BCUT2D eigenvalue weighted by molar-refractivity contribution is 7.99. The molecule has 0 amide bonds. The number of benzene rings is 1. The van der Waals surface area contributed by atoms with Gasteiger partial charge in [-0.1, -0.05) is 44.7 Å². The second kappa shape index (κ2) is 8.01. The first-order valence-electron chi connectivity index (χ1n) is 9.88. The Balaban J connectivity index is 1.95. The number of hydrogen-bond donors (Lipinski definition) is 0. The molecule has 0 bridgehead atoms. The van der Waals surface area contributed by atoms with Gasteiger partial charge in [0.05, 0.1) is 23.8 Å². The summed E-state index contributed by atoms with van der Waals surface area (Å²) in [6, 6.07) is 8.11. The van der Waals surface area contributed by atoms with E-state index in [9.17, 15) is 4.79 Å². The number of aromatic nitrogens is 2. The predicted octanol–water partition coefficient (Wildman–Crippen LogP) is 5.36. The summed E-state index contributed by atoms with van der Waals surface area (Å²) in [7, 11) is 0. The van der Waals surface area contributed by atoms with Crippen LogP contribution in [0.2, 0.25) is 0 Å². The van der Waals surface area contributed by atoms with Gasteiger partial charge in [0, 0.05) is 17.1 Å². The zero-order valence-electron chi connectivity index (χ0n) is 16.8. The molecule has 4 nitrogen and oxygen atoms in total. The van der Waals surface area contributed by atoms with Gasteiger partial charge in [-0.25, -0.2) is 4.98 Å². The molecule has 6 heteroatoms. The van der Waals surface area contributed by atoms with Crippen molar-refractivity contribution in [1.82, 2.24) is 9.55 Å². The van der Waals surface area contributed by atoms with Crippen LogP contribution in [0.4, 0.5) is 0 Å². The molecule has 1 atom stereocenters. The summed E-state index contributed by atoms with van der Waals surface area (Å²) in [6.07, 6.45) is 1.99. The summed E-state index contributed by atoms with van der Waals surface area (Å²) in [5, 5.41) is 1.57. The van der Waals surface area contributed by atoms with E-state index in [2.05, 4.69) is 39.8 Å². The average molecular weight is 415 g/mol. The number of aryl methyl sites for hydroxylation is 1. The Labute approximate surface area is 174 Å². The Morgan fingerprint density at radius 2 is 2.21 bits per heavy atom. The van der Waals surface area contributed by atoms with E-state index in [0.29, 0.717) is 12.5 Å². The van der Waals surface area contributed by atoms with Gasteiger partial charge in [0.2, 0.25) is 0 Å². The number of fused-ring (bicyclic) bond motifs is 3. The molecule has 4 rings (SSSR count). The van der Waals surface area contributed by atoms with Crippen LogP contribution in [0.15, 0.2) is 34.2 Å². The van der Waals surface area contributed by atoms with Gasteiger partial charge in [0.15, 0.2) is 5.16 Å². The lowest BCUT2D eigenvalue weighted by Crippen LogP contribution is -2.28. The van der Waals surface area contributed by atoms with Gasteiger partial charge in [0.25, 0.3) is 5.56 Å². The SMILES string of the molecule is CCCSc1nc2sc3c(c2c(=O)n1-c1cccc(C)c1)CC(C(C)C)OC3. The lowest BCUT2D eigenvalue weighted by molar-refractivity contribution is 0.00200. The van der Waals surface area contributed by atoms with Crippen molar-refractivity contribution in [3.05, 3.63) is 50.6 Å². The minimum Gasteiger partial charge on any atom is -0.372 e. The van der Waals surface area contributed by atoms with Gasteiger partial charge < -0.3 is 4.74 Å². The van der Waals surface area contributed by atoms with Crippen LogP contribution in [0.5, 0.6) is 0 Å². The molecule has 1 unspecified atom stereocenters. The fraction of sp³-hybridized carbons (Fsp3) is 0.455. The number of hydrogen-bond acceptors (Lipinski definition) is 5. The van der Waals surface area contributed by atoms with Crippen molar-refractivity contribution in [1.29, 1.82) is 0 Å². The maximum absolute atomic E-state index is 13.7. The molecular formula is C22H26N2O2S2. The van der Waals surface area contributed by atoms with Crippen molar-refractivity contribution in [2.45, 2.75) is 58.4 Å². The largest absolute Gasteiger partial charge is 0.372 e. The van der Waals surface area contributed by atoms with E-state index in [1.54, 1.807) is 23.1 Å². The molecule has 1 aliphatic rings. The van der Waals surface area contributed by atoms with Crippen LogP contribution >= 0.6 is 23.1 Å². The predicted molar refractivity (Wildman–Crippen MR) is 118 cm³/mol. The second-order valence-electron chi connectivity index (χ2n) is 7.70. The molecule has 0 saturated carbocycles. The normalized spacial score (nSPS) is 16.7. The smallest absolute Gasteiger partial charge is 0.267 e. The zero-order chi connectivity index (χ0) is 19.8. The first-order valence-corrected chi connectivity index (χ1v) is 11.7. The third-order valence-corrected chi connectivity index (χ3v) is 7.39. The molecule has 148 valence electrons. The Morgan fingerprint density at radius 1 is 1.39 bits per heavy atom. The van der Waals surface area contributed by atoms with E-state index in [-0.39, 0.29) is 11.7 Å². The molecular weight excluding hydrogens is 388 g/mol. The summed E-state index contributed by atoms with van der Waals surface area (Å²) in [4.78, 5) is 20.7. The summed E-state index contributed by atoms with van der Waals surface area (Å²) in [6.45, 7) is 9.13. The fourth-order valence-corrected chi connectivity index (χ4v) is 5.65. The lowest BCUT2D eigenvalue weighted by atomic mass is 9.96. The Kier molecular flexibility index (Phi) is 5.63. The summed E-state index contributed by atoms with van der Waals surface area (Å²) >= 11 is 3.27. The highest BCUT2D eigenvalue weighted by atomic mass is 32.2. The van der Waals surface area contributed by atoms with E-state index >= 15 is 0 Å². The summed E-state index contributed by atoms with van der Waals surface area (Å²) in [5.74, 6) is 1.36. The van der Waals surface area contributed by atoms with E-state index in [1.165, 1.54) is 0 Å². The van der Waals surface area contributed by atoms with Crippen LogP contribution in [-0.2, 0) is 17.8 Å². The van der Waals surface area contributed by atoms with Crippen LogP contribution in [-0.4, -0.2) is 21.4 Å². The molecule has 0 radical (unpaired) electrons. The third kappa shape index (κ3) is 3.53. The van der Waals surface area contributed by atoms with Crippen molar-refractivity contribution in [2.75, 3.05) is 5.75 Å². The van der Waals surface area contributed by atoms with E-state index in [1.807, 2.05) is 16.7 Å². The number of rotatable bonds is 5. The second-order valence-corrected chi connectivity index (χ2v) is 9.85. The van der Waals surface area contributed by atoms with Crippen molar-refractivity contribution < 1.29 is 4.74 Å². The number of ether oxygens (including phenoxy) is 1. The minimum absolute atomic E-state index is 0.0520. The molecule has 3 heterocycles. The van der Waals surface area contributed by atoms with Crippen LogP contribution in [0.25, 0.3) is 15.9 Å². The first-order chi connectivity index (χ1) is 13.5. The zero-order valence-corrected chi connectivity index (χ0v) is 18.5. The van der Waals surface area contributed by atoms with Gasteiger partial charge in [0.1, 0.15) is 4.83 Å². The maximum Gasteiger partial charge on any atom is 0.267 e. The van der Waals surface area contributed by atoms with Gasteiger partial charge in [-0.05, 0) is 42.5 Å². The van der Waals surface area contributed by atoms with Crippen molar-refractivity contribution in [2.24, 2.45) is 5.92 Å². The number of thioether (sulfide) groups is 1. The van der Waals surface area contributed by atoms with Gasteiger partial charge in [-0.15, -0.1) is 11.3 Å². The van der Waals surface area contributed by atoms with E-state index in [4.69, 9.17) is 9.72 Å². The van der Waals surface area contributed by atoms with E-state index in [0.717, 1.165) is 55.7 Å². The molecule has 0 fully saturated rings. The average Bonchev–Trinajstić information content (AvgIpc) is 3.04. The minimum atomic E-state index is 0.0520. The van der Waals surface area contributed by atoms with Crippen LogP contribution < -0.4 is 5.56 Å². The Bertz CT molecular complexity index is 1070. The van der Waals surface area contributed by atoms with Gasteiger partial charge in [-0.3, -0.25) is 9.36 Å². The lowest BCUT2D eigenvalue weighted by Gasteiger charge is -2.26. The molecule has 1 aromatic carbocycles. The quantitative estimate of drug-likeness (QED) is 0.417. The van der Waals surface area contributed by atoms with Crippen molar-refractivity contribution in [3.63, 3.8) is 0 Å². The fourth-order valence-electron chi connectivity index (χ4n) is 3.62. The number of thiophene rings is 1. The molecule has 0 saturated heterocycles. The summed E-state index contributed by atoms with van der Waals surface area (Å²) < 4.78 is 7.84. The number of nitrogens with zero attached hydrogens (tertiary/aromatic N) is 2. The molecule has 1 aliphatic heterocycles. The van der Waals surface area contributed by atoms with Crippen LogP contribution in [0, 0.1) is 12.8 Å². The highest BCUT2D eigenvalue weighted by Gasteiger charge is 2.28. The van der Waals surface area contributed by atoms with E-state index < -0.39 is 0 Å². The van der Waals surface area contributed by atoms with Gasteiger partial charge >= 0.3 is 0 Å². The van der Waals surface area contributed by atoms with Crippen LogP contribution in [0.1, 0.15) is 43.2 Å². The van der Waals surface area contributed by atoms with Crippen LogP contribution in [0.3, 0.4) is 0 Å². The molecule has 0 spiro atoms. The monoisotopic (exact) mass is 414 g/mol. The highest BCUT2D eigenvalue weighted by Crippen LogP contribution is 2.36. The molecule has 28 heavy (non-hydrogen) atoms. The topological polar surface area (TPSA) is 44.1 Å². The first kappa shape index (κ1) is 19.7. The standard InChI is InChI=1S/C22H26N2O2S2/c1-5-9-27-22-23-20-19(16-11-17(13(2)3)26-12-18(16)28-20)21(25)24(22)15-8-6-7-14(4)10-15/h6-8,10,13,17H,5,9,11-12H2,1-4H3. The Hall–Kier alpha value is -1.63. The van der Waals surface area contributed by atoms with Gasteiger partial charge in [-0.2, -0.15) is 0 Å². The molecule has 0 N–H and O–H groups in total. The maximum atomic E-state index is 13.7.